The van der Waals surface area contributed by atoms with Crippen LogP contribution in [0.4, 0.5) is 0 Å². The van der Waals surface area contributed by atoms with E-state index in [9.17, 15) is 0 Å². The topological polar surface area (TPSA) is 23.8 Å². The summed E-state index contributed by atoms with van der Waals surface area (Å²) in [5.41, 5.74) is 0. The zero-order valence-corrected chi connectivity index (χ0v) is 6.31. The maximum absolute atomic E-state index is 7.82. The molecule has 3 heteroatoms. The molecular weight excluding hydrogens is 138 g/mol. The fourth-order valence-electron chi connectivity index (χ4n) is 0.112. The first-order chi connectivity index (χ1) is 3.83. The lowest BCUT2D eigenvalue weighted by Gasteiger charge is -1.65. The second-order valence-electron chi connectivity index (χ2n) is 0.991. The van der Waals surface area contributed by atoms with Gasteiger partial charge in [-0.2, -0.15) is 5.26 Å². The van der Waals surface area contributed by atoms with E-state index < -0.39 is 0 Å². The number of nitriles is 1. The molecule has 0 amide bonds. The van der Waals surface area contributed by atoms with Crippen LogP contribution in [0.15, 0.2) is 0 Å². The third-order valence-corrected chi connectivity index (χ3v) is 0.362. The molecule has 0 aliphatic rings. The van der Waals surface area contributed by atoms with Gasteiger partial charge < -0.3 is 0 Å². The van der Waals surface area contributed by atoms with Gasteiger partial charge in [-0.25, -0.2) is 0 Å². The third-order valence-electron chi connectivity index (χ3n) is 0.362. The van der Waals surface area contributed by atoms with Crippen molar-refractivity contribution in [1.82, 2.24) is 0 Å². The Morgan fingerprint density at radius 3 is 1.88 bits per heavy atom. The van der Waals surface area contributed by atoms with Crippen LogP contribution in [0.3, 0.4) is 0 Å². The minimum Gasteiger partial charge on any atom is -0.198 e. The van der Waals surface area contributed by atoms with Crippen molar-refractivity contribution in [2.45, 2.75) is 19.8 Å². The molecular formula is C5H7NS2. The number of thiocarbonyl (C=S) groups is 2. The molecule has 0 saturated carbocycles. The summed E-state index contributed by atoms with van der Waals surface area (Å²) in [7, 11) is 0. The van der Waals surface area contributed by atoms with E-state index in [4.69, 9.17) is 5.26 Å². The Balaban J connectivity index is 0. The molecule has 0 aromatic carbocycles. The Kier molecular flexibility index (Phi) is 21.2. The summed E-state index contributed by atoms with van der Waals surface area (Å²) >= 11 is 7.92. The van der Waals surface area contributed by atoms with Crippen LogP contribution in [-0.2, 0) is 0 Å². The molecule has 0 aliphatic heterocycles. The summed E-state index contributed by atoms with van der Waals surface area (Å²) in [6.45, 7) is 1.99. The highest BCUT2D eigenvalue weighted by atomic mass is 32.1. The molecule has 0 aromatic rings. The highest BCUT2D eigenvalue weighted by molar-refractivity contribution is 7.93. The van der Waals surface area contributed by atoms with Crippen LogP contribution in [0.1, 0.15) is 19.8 Å². The van der Waals surface area contributed by atoms with Gasteiger partial charge in [-0.1, -0.05) is 6.92 Å². The SMILES string of the molecule is CCCC#N.S=C=S. The second kappa shape index (κ2) is 15.9. The molecule has 0 spiro atoms. The third kappa shape index (κ3) is 43.3. The van der Waals surface area contributed by atoms with Gasteiger partial charge in [0.05, 0.1) is 6.07 Å². The Labute approximate surface area is 60.3 Å². The quantitative estimate of drug-likeness (QED) is 0.529. The monoisotopic (exact) mass is 145 g/mol. The smallest absolute Gasteiger partial charge is 0.0621 e. The number of nitrogens with zero attached hydrogens (tertiary/aromatic N) is 1. The summed E-state index contributed by atoms with van der Waals surface area (Å²) in [5, 5.41) is 7.82. The summed E-state index contributed by atoms with van der Waals surface area (Å²) in [4.78, 5) is 0. The fourth-order valence-corrected chi connectivity index (χ4v) is 0.112. The summed E-state index contributed by atoms with van der Waals surface area (Å²) in [6.07, 6.45) is 1.68. The van der Waals surface area contributed by atoms with Crippen LogP contribution < -0.4 is 0 Å². The summed E-state index contributed by atoms with van der Waals surface area (Å²) in [5.74, 6) is 0. The van der Waals surface area contributed by atoms with Crippen LogP contribution in [-0.4, -0.2) is 4.31 Å². The molecule has 0 atom stereocenters. The van der Waals surface area contributed by atoms with Gasteiger partial charge in [0.1, 0.15) is 0 Å². The van der Waals surface area contributed by atoms with Gasteiger partial charge in [0.2, 0.25) is 0 Å². The van der Waals surface area contributed by atoms with Crippen molar-refractivity contribution < 1.29 is 0 Å². The molecule has 1 nitrogen and oxygen atoms in total. The lowest BCUT2D eigenvalue weighted by atomic mass is 10.4. The highest BCUT2D eigenvalue weighted by Gasteiger charge is 1.65. The van der Waals surface area contributed by atoms with Crippen LogP contribution in [0.25, 0.3) is 0 Å². The van der Waals surface area contributed by atoms with Gasteiger partial charge in [-0.15, -0.1) is 0 Å². The first kappa shape index (κ1) is 10.6. The Hall–Kier alpha value is -0.290. The predicted molar refractivity (Wildman–Crippen MR) is 40.7 cm³/mol. The number of hydrogen-bond acceptors (Lipinski definition) is 3. The molecule has 0 aliphatic carbocycles. The van der Waals surface area contributed by atoms with Gasteiger partial charge in [-0.05, 0) is 30.9 Å². The van der Waals surface area contributed by atoms with Gasteiger partial charge in [0.15, 0.2) is 0 Å². The molecule has 0 aromatic heterocycles. The summed E-state index contributed by atoms with van der Waals surface area (Å²) < 4.78 is 1.92. The molecule has 0 heterocycles. The first-order valence-corrected chi connectivity index (χ1v) is 3.01. The van der Waals surface area contributed by atoms with E-state index in [0.29, 0.717) is 6.42 Å². The zero-order chi connectivity index (χ0) is 6.83. The van der Waals surface area contributed by atoms with Crippen LogP contribution >= 0.6 is 24.4 Å². The Morgan fingerprint density at radius 2 is 1.88 bits per heavy atom. The number of unbranched alkanes of at least 4 members (excludes halogenated alkanes) is 1. The molecule has 44 valence electrons. The summed E-state index contributed by atoms with van der Waals surface area (Å²) in [6, 6.07) is 2.02. The maximum Gasteiger partial charge on any atom is 0.0621 e. The molecule has 0 N–H and O–H groups in total. The van der Waals surface area contributed by atoms with Crippen LogP contribution in [0.2, 0.25) is 0 Å². The van der Waals surface area contributed by atoms with Gasteiger partial charge in [0, 0.05) is 10.7 Å². The maximum atomic E-state index is 7.82. The predicted octanol–water partition coefficient (Wildman–Crippen LogP) is 2.33. The van der Waals surface area contributed by atoms with Crippen molar-refractivity contribution >= 4 is 28.7 Å². The van der Waals surface area contributed by atoms with Crippen LogP contribution in [0.5, 0.6) is 0 Å². The molecule has 0 saturated heterocycles. The molecule has 0 rings (SSSR count). The van der Waals surface area contributed by atoms with Gasteiger partial charge >= 0.3 is 0 Å². The molecule has 0 fully saturated rings. The first-order valence-electron chi connectivity index (χ1n) is 2.19. The van der Waals surface area contributed by atoms with Crippen molar-refractivity contribution in [3.63, 3.8) is 0 Å². The average molecular weight is 145 g/mol. The van der Waals surface area contributed by atoms with E-state index >= 15 is 0 Å². The second-order valence-corrected chi connectivity index (χ2v) is 1.66. The van der Waals surface area contributed by atoms with Crippen molar-refractivity contribution in [2.24, 2.45) is 0 Å². The van der Waals surface area contributed by atoms with Crippen LogP contribution in [0, 0.1) is 11.3 Å². The average Bonchev–Trinajstić information content (AvgIpc) is 1.71. The fraction of sp³-hybridized carbons (Fsp3) is 0.600. The van der Waals surface area contributed by atoms with E-state index in [1.807, 2.05) is 17.3 Å². The zero-order valence-electron chi connectivity index (χ0n) is 4.68. The minimum absolute atomic E-state index is 0.694. The molecule has 0 bridgehead atoms. The standard InChI is InChI=1S/C4H7N.CS2/c1-2-3-4-5;2-1-3/h2-3H2,1H3;. The van der Waals surface area contributed by atoms with E-state index in [2.05, 4.69) is 24.4 Å². The van der Waals surface area contributed by atoms with Gasteiger partial charge in [0.25, 0.3) is 0 Å². The molecule has 8 heavy (non-hydrogen) atoms. The van der Waals surface area contributed by atoms with E-state index in [0.717, 1.165) is 6.42 Å². The largest absolute Gasteiger partial charge is 0.198 e. The minimum atomic E-state index is 0.694. The van der Waals surface area contributed by atoms with E-state index in [1.165, 1.54) is 0 Å². The highest BCUT2D eigenvalue weighted by Crippen LogP contribution is 1.77. The molecule has 0 unspecified atom stereocenters. The van der Waals surface area contributed by atoms with Crippen molar-refractivity contribution in [3.05, 3.63) is 0 Å². The Morgan fingerprint density at radius 1 is 1.50 bits per heavy atom. The van der Waals surface area contributed by atoms with E-state index in [-0.39, 0.29) is 0 Å². The normalized spacial score (nSPS) is 5.00. The Bertz CT molecular complexity index is 97.5. The van der Waals surface area contributed by atoms with Gasteiger partial charge in [-0.3, -0.25) is 0 Å². The van der Waals surface area contributed by atoms with E-state index in [1.54, 1.807) is 0 Å². The van der Waals surface area contributed by atoms with Crippen molar-refractivity contribution in [2.75, 3.05) is 0 Å². The van der Waals surface area contributed by atoms with Crippen molar-refractivity contribution in [3.8, 4) is 6.07 Å². The van der Waals surface area contributed by atoms with Crippen molar-refractivity contribution in [1.29, 1.82) is 5.26 Å². The lowest BCUT2D eigenvalue weighted by Crippen LogP contribution is -1.53. The number of rotatable bonds is 1. The number of hydrogen-bond donors (Lipinski definition) is 0. The molecule has 0 radical (unpaired) electrons. The lowest BCUT2D eigenvalue weighted by molar-refractivity contribution is 0.969.